The Bertz CT molecular complexity index is 3180. The topological polar surface area (TPSA) is 56.7 Å². The SMILES string of the molecule is c1ccc(-c2nc(-c3ccccc3)nc(-c3ccc(-c4cccc5c6ccccc6n(-c6cccc(-c7cccc8oc9ccccc9c78)c6)c45)cc3)n2)cc1. The molecule has 262 valence electrons. The maximum Gasteiger partial charge on any atom is 0.164 e. The van der Waals surface area contributed by atoms with Gasteiger partial charge in [0.15, 0.2) is 17.5 Å². The molecule has 0 fully saturated rings. The Balaban J connectivity index is 1.06. The highest BCUT2D eigenvalue weighted by atomic mass is 16.3. The molecule has 0 N–H and O–H groups in total. The molecule has 0 unspecified atom stereocenters. The van der Waals surface area contributed by atoms with Crippen LogP contribution in [-0.4, -0.2) is 19.5 Å². The fraction of sp³-hybridized carbons (Fsp3) is 0. The minimum atomic E-state index is 0.633. The molecule has 5 nitrogen and oxygen atoms in total. The monoisotopic (exact) mass is 716 g/mol. The summed E-state index contributed by atoms with van der Waals surface area (Å²) in [5.41, 5.74) is 12.5. The predicted molar refractivity (Wildman–Crippen MR) is 229 cm³/mol. The lowest BCUT2D eigenvalue weighted by Crippen LogP contribution is -2.00. The van der Waals surface area contributed by atoms with E-state index in [0.29, 0.717) is 17.5 Å². The Morgan fingerprint density at radius 1 is 0.357 bits per heavy atom. The molecular formula is C51H32N4O. The van der Waals surface area contributed by atoms with Crippen LogP contribution in [0, 0.1) is 0 Å². The van der Waals surface area contributed by atoms with Crippen molar-refractivity contribution in [3.05, 3.63) is 194 Å². The standard InChI is InChI=1S/C51H32N4O/c1-3-14-34(15-4-1)49-52-50(35-16-5-2-6-17-35)54-51(53-49)36-30-28-33(29-31-36)40-23-12-24-42-41-20-7-9-25-44(41)55(48(40)42)38-19-11-18-37(32-38)39-22-13-27-46-47(39)43-21-8-10-26-45(43)56-46/h1-32H. The Morgan fingerprint density at radius 2 is 0.875 bits per heavy atom. The molecule has 0 saturated heterocycles. The molecule has 0 atom stereocenters. The van der Waals surface area contributed by atoms with E-state index in [9.17, 15) is 0 Å². The average Bonchev–Trinajstić information content (AvgIpc) is 3.83. The quantitative estimate of drug-likeness (QED) is 0.172. The minimum absolute atomic E-state index is 0.633. The van der Waals surface area contributed by atoms with Gasteiger partial charge in [-0.15, -0.1) is 0 Å². The molecule has 11 aromatic rings. The second kappa shape index (κ2) is 13.0. The van der Waals surface area contributed by atoms with Crippen molar-refractivity contribution < 1.29 is 4.42 Å². The molecule has 3 aromatic heterocycles. The van der Waals surface area contributed by atoms with E-state index in [1.165, 1.54) is 10.8 Å². The van der Waals surface area contributed by atoms with Crippen LogP contribution in [0.25, 0.3) is 106 Å². The van der Waals surface area contributed by atoms with Crippen molar-refractivity contribution in [2.24, 2.45) is 0 Å². The van der Waals surface area contributed by atoms with Crippen LogP contribution in [0.15, 0.2) is 199 Å². The van der Waals surface area contributed by atoms with Crippen LogP contribution < -0.4 is 0 Å². The third-order valence-electron chi connectivity index (χ3n) is 10.7. The third kappa shape index (κ3) is 5.29. The second-order valence-electron chi connectivity index (χ2n) is 14.0. The van der Waals surface area contributed by atoms with Crippen LogP contribution in [0.2, 0.25) is 0 Å². The zero-order valence-electron chi connectivity index (χ0n) is 30.2. The van der Waals surface area contributed by atoms with Crippen molar-refractivity contribution in [3.63, 3.8) is 0 Å². The largest absolute Gasteiger partial charge is 0.456 e. The lowest BCUT2D eigenvalue weighted by Gasteiger charge is -2.14. The molecule has 0 amide bonds. The summed E-state index contributed by atoms with van der Waals surface area (Å²) in [5.74, 6) is 1.92. The molecule has 5 heteroatoms. The lowest BCUT2D eigenvalue weighted by atomic mass is 9.98. The number of aromatic nitrogens is 4. The summed E-state index contributed by atoms with van der Waals surface area (Å²) in [6, 6.07) is 67.5. The number of hydrogen-bond donors (Lipinski definition) is 0. The Morgan fingerprint density at radius 3 is 1.61 bits per heavy atom. The van der Waals surface area contributed by atoms with E-state index in [-0.39, 0.29) is 0 Å². The highest BCUT2D eigenvalue weighted by Gasteiger charge is 2.19. The summed E-state index contributed by atoms with van der Waals surface area (Å²) in [6.45, 7) is 0. The maximum atomic E-state index is 6.27. The summed E-state index contributed by atoms with van der Waals surface area (Å²) < 4.78 is 8.68. The van der Waals surface area contributed by atoms with Crippen LogP contribution in [0.3, 0.4) is 0 Å². The van der Waals surface area contributed by atoms with E-state index in [1.807, 2.05) is 72.8 Å². The van der Waals surface area contributed by atoms with Gasteiger partial charge >= 0.3 is 0 Å². The van der Waals surface area contributed by atoms with Gasteiger partial charge in [0, 0.05) is 49.5 Å². The van der Waals surface area contributed by atoms with Crippen LogP contribution in [0.4, 0.5) is 0 Å². The predicted octanol–water partition coefficient (Wildman–Crippen LogP) is 13.2. The van der Waals surface area contributed by atoms with Crippen molar-refractivity contribution in [1.29, 1.82) is 0 Å². The Hall–Kier alpha value is -7.63. The van der Waals surface area contributed by atoms with E-state index in [1.54, 1.807) is 0 Å². The van der Waals surface area contributed by atoms with Gasteiger partial charge in [0.05, 0.1) is 11.0 Å². The van der Waals surface area contributed by atoms with E-state index >= 15 is 0 Å². The van der Waals surface area contributed by atoms with Gasteiger partial charge < -0.3 is 8.98 Å². The normalized spacial score (nSPS) is 11.6. The zero-order valence-corrected chi connectivity index (χ0v) is 30.2. The molecule has 0 radical (unpaired) electrons. The summed E-state index contributed by atoms with van der Waals surface area (Å²) >= 11 is 0. The average molecular weight is 717 g/mol. The molecule has 0 spiro atoms. The number of nitrogens with zero attached hydrogens (tertiary/aromatic N) is 4. The third-order valence-corrected chi connectivity index (χ3v) is 10.7. The highest BCUT2D eigenvalue weighted by Crippen LogP contribution is 2.41. The molecule has 8 aromatic carbocycles. The smallest absolute Gasteiger partial charge is 0.164 e. The van der Waals surface area contributed by atoms with Gasteiger partial charge in [-0.3, -0.25) is 0 Å². The first-order valence-corrected chi connectivity index (χ1v) is 18.8. The summed E-state index contributed by atoms with van der Waals surface area (Å²) in [7, 11) is 0. The second-order valence-corrected chi connectivity index (χ2v) is 14.0. The van der Waals surface area contributed by atoms with E-state index < -0.39 is 0 Å². The van der Waals surface area contributed by atoms with Crippen molar-refractivity contribution in [2.75, 3.05) is 0 Å². The Labute approximate surface area is 322 Å². The molecule has 0 aliphatic carbocycles. The first-order chi connectivity index (χ1) is 27.8. The number of benzene rings is 8. The van der Waals surface area contributed by atoms with Crippen LogP contribution in [0.5, 0.6) is 0 Å². The van der Waals surface area contributed by atoms with E-state index in [0.717, 1.165) is 77.6 Å². The molecule has 0 saturated carbocycles. The number of furan rings is 1. The number of para-hydroxylation sites is 3. The van der Waals surface area contributed by atoms with Gasteiger partial charge in [-0.1, -0.05) is 164 Å². The first kappa shape index (κ1) is 31.9. The van der Waals surface area contributed by atoms with Crippen molar-refractivity contribution in [1.82, 2.24) is 19.5 Å². The molecule has 0 bridgehead atoms. The lowest BCUT2D eigenvalue weighted by molar-refractivity contribution is 0.669. The Kier molecular flexibility index (Phi) is 7.42. The number of rotatable bonds is 6. The highest BCUT2D eigenvalue weighted by molar-refractivity contribution is 6.15. The van der Waals surface area contributed by atoms with Gasteiger partial charge in [-0.2, -0.15) is 0 Å². The fourth-order valence-electron chi connectivity index (χ4n) is 8.08. The fourth-order valence-corrected chi connectivity index (χ4v) is 8.08. The zero-order chi connectivity index (χ0) is 37.0. The van der Waals surface area contributed by atoms with E-state index in [2.05, 4.69) is 126 Å². The first-order valence-electron chi connectivity index (χ1n) is 18.8. The van der Waals surface area contributed by atoms with Crippen LogP contribution in [-0.2, 0) is 0 Å². The van der Waals surface area contributed by atoms with E-state index in [4.69, 9.17) is 19.4 Å². The van der Waals surface area contributed by atoms with Gasteiger partial charge in [-0.05, 0) is 47.0 Å². The molecular weight excluding hydrogens is 685 g/mol. The van der Waals surface area contributed by atoms with Crippen molar-refractivity contribution >= 4 is 43.7 Å². The molecule has 0 aliphatic heterocycles. The van der Waals surface area contributed by atoms with Crippen molar-refractivity contribution in [2.45, 2.75) is 0 Å². The van der Waals surface area contributed by atoms with Gasteiger partial charge in [-0.25, -0.2) is 15.0 Å². The molecule has 56 heavy (non-hydrogen) atoms. The summed E-state index contributed by atoms with van der Waals surface area (Å²) in [4.78, 5) is 14.8. The van der Waals surface area contributed by atoms with Gasteiger partial charge in [0.25, 0.3) is 0 Å². The van der Waals surface area contributed by atoms with Crippen molar-refractivity contribution in [3.8, 4) is 62.1 Å². The minimum Gasteiger partial charge on any atom is -0.456 e. The number of hydrogen-bond acceptors (Lipinski definition) is 4. The van der Waals surface area contributed by atoms with Crippen LogP contribution >= 0.6 is 0 Å². The van der Waals surface area contributed by atoms with Crippen LogP contribution in [0.1, 0.15) is 0 Å². The molecule has 3 heterocycles. The van der Waals surface area contributed by atoms with Gasteiger partial charge in [0.2, 0.25) is 0 Å². The van der Waals surface area contributed by atoms with Gasteiger partial charge in [0.1, 0.15) is 11.2 Å². The molecule has 11 rings (SSSR count). The molecule has 0 aliphatic rings. The summed E-state index contributed by atoms with van der Waals surface area (Å²) in [5, 5.41) is 4.67. The maximum absolute atomic E-state index is 6.27. The number of fused-ring (bicyclic) bond motifs is 6. The summed E-state index contributed by atoms with van der Waals surface area (Å²) in [6.07, 6.45) is 0.